The first kappa shape index (κ1) is 16.1. The molecule has 3 fully saturated rings. The summed E-state index contributed by atoms with van der Waals surface area (Å²) in [4.78, 5) is 7.21. The Labute approximate surface area is 134 Å². The second-order valence-electron chi connectivity index (χ2n) is 7.22. The minimum absolute atomic E-state index is 0.167. The van der Waals surface area contributed by atoms with Gasteiger partial charge in [-0.15, -0.1) is 0 Å². The maximum absolute atomic E-state index is 6.33. The minimum Gasteiger partial charge on any atom is -0.381 e. The van der Waals surface area contributed by atoms with E-state index < -0.39 is 0 Å². The fourth-order valence-corrected chi connectivity index (χ4v) is 4.39. The number of hydrogen-bond acceptors (Lipinski definition) is 3. The predicted molar refractivity (Wildman–Crippen MR) is 87.9 cm³/mol. The van der Waals surface area contributed by atoms with E-state index in [1.807, 2.05) is 0 Å². The van der Waals surface area contributed by atoms with Crippen LogP contribution >= 0.6 is 0 Å². The molecule has 2 saturated heterocycles. The lowest BCUT2D eigenvalue weighted by molar-refractivity contribution is -0.163. The maximum atomic E-state index is 6.33. The smallest absolute Gasteiger partial charge is 0.191 e. The van der Waals surface area contributed by atoms with Gasteiger partial charge in [0.1, 0.15) is 0 Å². The van der Waals surface area contributed by atoms with Gasteiger partial charge in [-0.05, 0) is 44.9 Å². The van der Waals surface area contributed by atoms with Crippen molar-refractivity contribution < 1.29 is 9.47 Å². The number of nitrogens with two attached hydrogens (primary N) is 1. The normalized spacial score (nSPS) is 35.5. The first-order valence-corrected chi connectivity index (χ1v) is 8.93. The molecular formula is C17H31N3O2. The van der Waals surface area contributed by atoms with Gasteiger partial charge in [0.05, 0.1) is 12.1 Å². The fourth-order valence-electron chi connectivity index (χ4n) is 4.39. The van der Waals surface area contributed by atoms with Crippen LogP contribution in [0.25, 0.3) is 0 Å². The van der Waals surface area contributed by atoms with Crippen molar-refractivity contribution in [1.82, 2.24) is 4.90 Å². The summed E-state index contributed by atoms with van der Waals surface area (Å²) in [6.45, 7) is 8.92. The summed E-state index contributed by atoms with van der Waals surface area (Å²) in [7, 11) is 0. The first-order chi connectivity index (χ1) is 10.7. The van der Waals surface area contributed by atoms with Crippen LogP contribution in [-0.2, 0) is 9.47 Å². The quantitative estimate of drug-likeness (QED) is 0.640. The van der Waals surface area contributed by atoms with Crippen molar-refractivity contribution in [3.8, 4) is 0 Å². The van der Waals surface area contributed by atoms with Crippen LogP contribution in [0.15, 0.2) is 4.99 Å². The van der Waals surface area contributed by atoms with E-state index in [1.165, 1.54) is 12.8 Å². The third-order valence-corrected chi connectivity index (χ3v) is 5.80. The molecule has 0 bridgehead atoms. The van der Waals surface area contributed by atoms with Crippen molar-refractivity contribution in [3.63, 3.8) is 0 Å². The Balaban J connectivity index is 1.69. The summed E-state index contributed by atoms with van der Waals surface area (Å²) >= 11 is 0. The van der Waals surface area contributed by atoms with Crippen LogP contribution in [0.2, 0.25) is 0 Å². The standard InChI is InChI=1S/C17H31N3O2/c1-3-22-15-11-14(17(15)6-9-21-10-7-17)19-16(18)20-8-4-5-13(2)12-20/h13-15H,3-12H2,1-2H3,(H2,18,19). The molecule has 126 valence electrons. The van der Waals surface area contributed by atoms with Gasteiger partial charge < -0.3 is 20.1 Å². The van der Waals surface area contributed by atoms with Crippen molar-refractivity contribution >= 4 is 5.96 Å². The highest BCUT2D eigenvalue weighted by atomic mass is 16.5. The molecule has 3 aliphatic rings. The van der Waals surface area contributed by atoms with Gasteiger partial charge in [-0.25, -0.2) is 4.99 Å². The number of nitrogens with zero attached hydrogens (tertiary/aromatic N) is 2. The molecule has 2 N–H and O–H groups in total. The summed E-state index contributed by atoms with van der Waals surface area (Å²) in [5.41, 5.74) is 6.50. The molecule has 0 aromatic heterocycles. The molecular weight excluding hydrogens is 278 g/mol. The van der Waals surface area contributed by atoms with Crippen LogP contribution in [0.3, 0.4) is 0 Å². The molecule has 2 aliphatic heterocycles. The number of aliphatic imine (C=N–C) groups is 1. The van der Waals surface area contributed by atoms with Gasteiger partial charge in [-0.2, -0.15) is 0 Å². The van der Waals surface area contributed by atoms with E-state index in [0.717, 1.165) is 64.1 Å². The zero-order valence-corrected chi connectivity index (χ0v) is 14.1. The Bertz CT molecular complexity index is 407. The van der Waals surface area contributed by atoms with Gasteiger partial charge in [-0.1, -0.05) is 6.92 Å². The lowest BCUT2D eigenvalue weighted by Crippen LogP contribution is -2.60. The van der Waals surface area contributed by atoms with E-state index in [1.54, 1.807) is 0 Å². The Morgan fingerprint density at radius 2 is 2.18 bits per heavy atom. The molecule has 1 spiro atoms. The molecule has 0 amide bonds. The van der Waals surface area contributed by atoms with Crippen LogP contribution in [0.4, 0.5) is 0 Å². The Hall–Kier alpha value is -0.810. The summed E-state index contributed by atoms with van der Waals surface area (Å²) in [6.07, 6.45) is 5.98. The van der Waals surface area contributed by atoms with Gasteiger partial charge in [0.15, 0.2) is 5.96 Å². The van der Waals surface area contributed by atoms with Crippen molar-refractivity contribution in [2.45, 2.75) is 58.1 Å². The summed E-state index contributed by atoms with van der Waals surface area (Å²) in [5.74, 6) is 1.47. The van der Waals surface area contributed by atoms with Crippen LogP contribution in [0.5, 0.6) is 0 Å². The molecule has 0 aromatic rings. The van der Waals surface area contributed by atoms with Crippen LogP contribution in [0, 0.1) is 11.3 Å². The summed E-state index contributed by atoms with van der Waals surface area (Å²) in [6, 6.07) is 0.310. The SMILES string of the molecule is CCOC1CC(N=C(N)N2CCCC(C)C2)C12CCOCC2. The molecule has 3 unspecified atom stereocenters. The van der Waals surface area contributed by atoms with Gasteiger partial charge in [0.25, 0.3) is 0 Å². The number of piperidine rings is 1. The van der Waals surface area contributed by atoms with E-state index in [-0.39, 0.29) is 5.41 Å². The molecule has 1 aliphatic carbocycles. The minimum atomic E-state index is 0.167. The lowest BCUT2D eigenvalue weighted by Gasteiger charge is -2.55. The van der Waals surface area contributed by atoms with E-state index in [4.69, 9.17) is 20.2 Å². The van der Waals surface area contributed by atoms with Crippen molar-refractivity contribution in [2.75, 3.05) is 32.9 Å². The van der Waals surface area contributed by atoms with E-state index in [2.05, 4.69) is 18.7 Å². The van der Waals surface area contributed by atoms with Crippen LogP contribution in [0.1, 0.15) is 46.0 Å². The number of likely N-dealkylation sites (tertiary alicyclic amines) is 1. The third-order valence-electron chi connectivity index (χ3n) is 5.80. The van der Waals surface area contributed by atoms with E-state index >= 15 is 0 Å². The highest BCUT2D eigenvalue weighted by Crippen LogP contribution is 2.52. The number of hydrogen-bond donors (Lipinski definition) is 1. The third kappa shape index (κ3) is 2.98. The molecule has 3 rings (SSSR count). The topological polar surface area (TPSA) is 60.1 Å². The number of guanidine groups is 1. The maximum Gasteiger partial charge on any atom is 0.191 e. The van der Waals surface area contributed by atoms with Crippen LogP contribution < -0.4 is 5.73 Å². The molecule has 3 atom stereocenters. The average Bonchev–Trinajstić information content (AvgIpc) is 2.54. The molecule has 1 saturated carbocycles. The Kier molecular flexibility index (Phi) is 4.93. The zero-order chi connectivity index (χ0) is 15.6. The molecule has 0 aromatic carbocycles. The monoisotopic (exact) mass is 309 g/mol. The average molecular weight is 309 g/mol. The largest absolute Gasteiger partial charge is 0.381 e. The van der Waals surface area contributed by atoms with Gasteiger partial charge >= 0.3 is 0 Å². The Morgan fingerprint density at radius 1 is 1.41 bits per heavy atom. The molecule has 22 heavy (non-hydrogen) atoms. The number of rotatable bonds is 3. The van der Waals surface area contributed by atoms with E-state index in [9.17, 15) is 0 Å². The first-order valence-electron chi connectivity index (χ1n) is 8.93. The van der Waals surface area contributed by atoms with Crippen molar-refractivity contribution in [3.05, 3.63) is 0 Å². The predicted octanol–water partition coefficient (Wildman–Crippen LogP) is 2.01. The fraction of sp³-hybridized carbons (Fsp3) is 0.941. The highest BCUT2D eigenvalue weighted by Gasteiger charge is 2.56. The number of ether oxygens (including phenoxy) is 2. The summed E-state index contributed by atoms with van der Waals surface area (Å²) < 4.78 is 11.5. The van der Waals surface area contributed by atoms with E-state index in [0.29, 0.717) is 12.1 Å². The van der Waals surface area contributed by atoms with Gasteiger partial charge in [-0.3, -0.25) is 0 Å². The zero-order valence-electron chi connectivity index (χ0n) is 14.1. The van der Waals surface area contributed by atoms with Gasteiger partial charge in [0, 0.05) is 38.3 Å². The van der Waals surface area contributed by atoms with Gasteiger partial charge in [0.2, 0.25) is 0 Å². The highest BCUT2D eigenvalue weighted by molar-refractivity contribution is 5.78. The van der Waals surface area contributed by atoms with Crippen molar-refractivity contribution in [2.24, 2.45) is 22.1 Å². The second kappa shape index (κ2) is 6.75. The molecule has 5 nitrogen and oxygen atoms in total. The van der Waals surface area contributed by atoms with Crippen LogP contribution in [-0.4, -0.2) is 55.9 Å². The molecule has 2 heterocycles. The Morgan fingerprint density at radius 3 is 2.86 bits per heavy atom. The molecule has 5 heteroatoms. The summed E-state index contributed by atoms with van der Waals surface area (Å²) in [5, 5.41) is 0. The van der Waals surface area contributed by atoms with Crippen molar-refractivity contribution in [1.29, 1.82) is 0 Å². The lowest BCUT2D eigenvalue weighted by atomic mass is 9.58. The second-order valence-corrected chi connectivity index (χ2v) is 7.22. The molecule has 0 radical (unpaired) electrons.